The molecule has 114 valence electrons. The Labute approximate surface area is 125 Å². The molecule has 0 bridgehead atoms. The lowest BCUT2D eigenvalue weighted by Crippen LogP contribution is -2.47. The highest BCUT2D eigenvalue weighted by Crippen LogP contribution is 2.30. The average Bonchev–Trinajstić information content (AvgIpc) is 2.81. The lowest BCUT2D eigenvalue weighted by atomic mass is 10.1. The molecule has 1 aliphatic rings. The normalized spacial score (nSPS) is 21.6. The summed E-state index contributed by atoms with van der Waals surface area (Å²) in [6.07, 6.45) is 1.96. The molecule has 1 aromatic rings. The fraction of sp³-hybridized carbons (Fsp3) is 0.692. The molecule has 2 rings (SSSR count). The van der Waals surface area contributed by atoms with E-state index in [-0.39, 0.29) is 0 Å². The summed E-state index contributed by atoms with van der Waals surface area (Å²) >= 11 is 1.30. The van der Waals surface area contributed by atoms with Crippen LogP contribution in [0.3, 0.4) is 0 Å². The van der Waals surface area contributed by atoms with E-state index in [9.17, 15) is 8.42 Å². The topological polar surface area (TPSA) is 66.6 Å². The number of likely N-dealkylation sites (N-methyl/N-ethyl adjacent to an activating group) is 1. The highest BCUT2D eigenvalue weighted by Gasteiger charge is 2.32. The second-order valence-corrected chi connectivity index (χ2v) is 8.80. The molecule has 0 aliphatic carbocycles. The van der Waals surface area contributed by atoms with Crippen molar-refractivity contribution in [3.63, 3.8) is 0 Å². The maximum absolute atomic E-state index is 12.7. The number of hydrogen-bond acceptors (Lipinski definition) is 5. The Morgan fingerprint density at radius 3 is 2.75 bits per heavy atom. The molecular weight excluding hydrogens is 294 g/mol. The maximum Gasteiger partial charge on any atom is 0.252 e. The van der Waals surface area contributed by atoms with E-state index < -0.39 is 10.0 Å². The van der Waals surface area contributed by atoms with Crippen molar-refractivity contribution in [2.75, 3.05) is 27.2 Å². The number of piperidine rings is 1. The molecule has 0 radical (unpaired) electrons. The lowest BCUT2D eigenvalue weighted by molar-refractivity contribution is 0.190. The van der Waals surface area contributed by atoms with Gasteiger partial charge >= 0.3 is 0 Å². The SMILES string of the molecule is Cc1cc(S(=O)(=O)N2CCCC(N(C)C)C2)sc1CN. The molecule has 2 N–H and O–H groups in total. The van der Waals surface area contributed by atoms with Gasteiger partial charge in [0.05, 0.1) is 0 Å². The molecular formula is C13H23N3O2S2. The molecule has 20 heavy (non-hydrogen) atoms. The summed E-state index contributed by atoms with van der Waals surface area (Å²) < 4.78 is 27.5. The van der Waals surface area contributed by atoms with Crippen molar-refractivity contribution in [1.29, 1.82) is 0 Å². The number of rotatable bonds is 4. The number of nitrogens with zero attached hydrogens (tertiary/aromatic N) is 2. The molecule has 5 nitrogen and oxygen atoms in total. The van der Waals surface area contributed by atoms with Crippen LogP contribution in [0.25, 0.3) is 0 Å². The van der Waals surface area contributed by atoms with Crippen LogP contribution in [0.1, 0.15) is 23.3 Å². The van der Waals surface area contributed by atoms with Crippen LogP contribution in [0, 0.1) is 6.92 Å². The summed E-state index contributed by atoms with van der Waals surface area (Å²) in [6, 6.07) is 2.05. The Morgan fingerprint density at radius 1 is 1.50 bits per heavy atom. The van der Waals surface area contributed by atoms with E-state index in [2.05, 4.69) is 4.90 Å². The van der Waals surface area contributed by atoms with Gasteiger partial charge in [0.2, 0.25) is 0 Å². The highest BCUT2D eigenvalue weighted by atomic mass is 32.2. The summed E-state index contributed by atoms with van der Waals surface area (Å²) in [7, 11) is 0.635. The van der Waals surface area contributed by atoms with E-state index in [0.717, 1.165) is 23.3 Å². The summed E-state index contributed by atoms with van der Waals surface area (Å²) in [5.41, 5.74) is 6.61. The number of thiophene rings is 1. The predicted molar refractivity (Wildman–Crippen MR) is 82.4 cm³/mol. The van der Waals surface area contributed by atoms with Crippen molar-refractivity contribution in [3.05, 3.63) is 16.5 Å². The maximum atomic E-state index is 12.7. The first-order valence-corrected chi connectivity index (χ1v) is 9.08. The molecule has 7 heteroatoms. The van der Waals surface area contributed by atoms with Crippen LogP contribution >= 0.6 is 11.3 Å². The summed E-state index contributed by atoms with van der Waals surface area (Å²) in [5, 5.41) is 0. The third kappa shape index (κ3) is 3.07. The van der Waals surface area contributed by atoms with E-state index in [0.29, 0.717) is 29.9 Å². The monoisotopic (exact) mass is 317 g/mol. The molecule has 1 fully saturated rings. The van der Waals surface area contributed by atoms with E-state index >= 15 is 0 Å². The van der Waals surface area contributed by atoms with Crippen molar-refractivity contribution in [2.45, 2.75) is 36.6 Å². The molecule has 0 amide bonds. The quantitative estimate of drug-likeness (QED) is 0.907. The minimum atomic E-state index is -3.37. The van der Waals surface area contributed by atoms with Crippen LogP contribution in [0.5, 0.6) is 0 Å². The Kier molecular flexibility index (Phi) is 4.86. The molecule has 0 saturated carbocycles. The standard InChI is InChI=1S/C13H23N3O2S2/c1-10-7-13(19-12(10)8-14)20(17,18)16-6-4-5-11(9-16)15(2)3/h7,11H,4-6,8-9,14H2,1-3H3. The fourth-order valence-electron chi connectivity index (χ4n) is 2.51. The van der Waals surface area contributed by atoms with E-state index in [1.807, 2.05) is 21.0 Å². The van der Waals surface area contributed by atoms with Crippen LogP contribution in [0.15, 0.2) is 10.3 Å². The highest BCUT2D eigenvalue weighted by molar-refractivity contribution is 7.91. The molecule has 2 heterocycles. The number of hydrogen-bond donors (Lipinski definition) is 1. The number of sulfonamides is 1. The smallest absolute Gasteiger partial charge is 0.252 e. The third-order valence-corrected chi connectivity index (χ3v) is 7.44. The van der Waals surface area contributed by atoms with E-state index in [1.165, 1.54) is 11.3 Å². The number of nitrogens with two attached hydrogens (primary N) is 1. The van der Waals surface area contributed by atoms with Gasteiger partial charge in [0.15, 0.2) is 0 Å². The van der Waals surface area contributed by atoms with Crippen molar-refractivity contribution >= 4 is 21.4 Å². The van der Waals surface area contributed by atoms with Gasteiger partial charge in [-0.2, -0.15) is 4.31 Å². The Hall–Kier alpha value is -0.470. The van der Waals surface area contributed by atoms with Crippen LogP contribution in [0.4, 0.5) is 0 Å². The van der Waals surface area contributed by atoms with Gasteiger partial charge in [-0.15, -0.1) is 11.3 Å². The van der Waals surface area contributed by atoms with Gasteiger partial charge in [0.1, 0.15) is 4.21 Å². The lowest BCUT2D eigenvalue weighted by Gasteiger charge is -2.35. The third-order valence-electron chi connectivity index (χ3n) is 3.87. The fourth-order valence-corrected chi connectivity index (χ4v) is 5.65. The second-order valence-electron chi connectivity index (χ2n) is 5.50. The van der Waals surface area contributed by atoms with E-state index in [1.54, 1.807) is 10.4 Å². The summed E-state index contributed by atoms with van der Waals surface area (Å²) in [4.78, 5) is 3.05. The Balaban J connectivity index is 2.25. The Morgan fingerprint density at radius 2 is 2.20 bits per heavy atom. The first-order valence-electron chi connectivity index (χ1n) is 6.82. The molecule has 1 unspecified atom stereocenters. The van der Waals surface area contributed by atoms with Gasteiger partial charge in [0, 0.05) is 30.6 Å². The largest absolute Gasteiger partial charge is 0.326 e. The minimum Gasteiger partial charge on any atom is -0.326 e. The molecule has 0 aromatic carbocycles. The zero-order chi connectivity index (χ0) is 14.9. The molecule has 1 aliphatic heterocycles. The average molecular weight is 317 g/mol. The molecule has 1 saturated heterocycles. The van der Waals surface area contributed by atoms with Crippen molar-refractivity contribution in [1.82, 2.24) is 9.21 Å². The van der Waals surface area contributed by atoms with Gasteiger partial charge in [-0.25, -0.2) is 8.42 Å². The Bertz CT molecular complexity index is 566. The van der Waals surface area contributed by atoms with Crippen molar-refractivity contribution in [3.8, 4) is 0 Å². The van der Waals surface area contributed by atoms with Gasteiger partial charge < -0.3 is 10.6 Å². The summed E-state index contributed by atoms with van der Waals surface area (Å²) in [6.45, 7) is 3.49. The molecule has 1 aromatic heterocycles. The second kappa shape index (κ2) is 6.11. The van der Waals surface area contributed by atoms with Crippen LogP contribution in [0.2, 0.25) is 0 Å². The van der Waals surface area contributed by atoms with Gasteiger partial charge in [-0.1, -0.05) is 0 Å². The van der Waals surface area contributed by atoms with Crippen molar-refractivity contribution in [2.24, 2.45) is 5.73 Å². The predicted octanol–water partition coefficient (Wildman–Crippen LogP) is 1.23. The zero-order valence-corrected chi connectivity index (χ0v) is 13.9. The number of aryl methyl sites for hydroxylation is 1. The van der Waals surface area contributed by atoms with Crippen LogP contribution in [-0.4, -0.2) is 50.8 Å². The molecule has 0 spiro atoms. The van der Waals surface area contributed by atoms with E-state index in [4.69, 9.17) is 5.73 Å². The van der Waals surface area contributed by atoms with Crippen LogP contribution in [-0.2, 0) is 16.6 Å². The zero-order valence-electron chi connectivity index (χ0n) is 12.3. The molecule has 1 atom stereocenters. The van der Waals surface area contributed by atoms with Gasteiger partial charge in [-0.05, 0) is 45.5 Å². The minimum absolute atomic E-state index is 0.300. The van der Waals surface area contributed by atoms with Gasteiger partial charge in [-0.3, -0.25) is 0 Å². The van der Waals surface area contributed by atoms with Gasteiger partial charge in [0.25, 0.3) is 10.0 Å². The van der Waals surface area contributed by atoms with Crippen molar-refractivity contribution < 1.29 is 8.42 Å². The van der Waals surface area contributed by atoms with Crippen LogP contribution < -0.4 is 5.73 Å². The summed E-state index contributed by atoms with van der Waals surface area (Å²) in [5.74, 6) is 0. The first-order chi connectivity index (χ1) is 9.36. The first kappa shape index (κ1) is 15.9.